The minimum Gasteiger partial charge on any atom is -0.481 e. The third-order valence-corrected chi connectivity index (χ3v) is 3.92. The van der Waals surface area contributed by atoms with Crippen LogP contribution in [0, 0.1) is 11.3 Å². The van der Waals surface area contributed by atoms with Crippen molar-refractivity contribution in [3.8, 4) is 0 Å². The van der Waals surface area contributed by atoms with Gasteiger partial charge in [-0.3, -0.25) is 9.59 Å². The maximum atomic E-state index is 11.4. The SMILES string of the molecule is O=C1CCC2CCCCC2(C(=O)O)C1. The van der Waals surface area contributed by atoms with Gasteiger partial charge in [-0.05, 0) is 25.2 Å². The Balaban J connectivity index is 2.27. The highest BCUT2D eigenvalue weighted by Crippen LogP contribution is 2.49. The number of carboxylic acids is 1. The Morgan fingerprint density at radius 1 is 1.36 bits per heavy atom. The molecule has 0 aromatic rings. The molecule has 2 unspecified atom stereocenters. The van der Waals surface area contributed by atoms with E-state index in [9.17, 15) is 14.7 Å². The average Bonchev–Trinajstić information content (AvgIpc) is 2.17. The smallest absolute Gasteiger partial charge is 0.310 e. The van der Waals surface area contributed by atoms with Gasteiger partial charge < -0.3 is 5.11 Å². The molecule has 3 nitrogen and oxygen atoms in total. The predicted octanol–water partition coefficient (Wildman–Crippen LogP) is 2.00. The van der Waals surface area contributed by atoms with E-state index < -0.39 is 11.4 Å². The number of carbonyl (C=O) groups excluding carboxylic acids is 1. The van der Waals surface area contributed by atoms with Crippen LogP contribution in [0.2, 0.25) is 0 Å². The van der Waals surface area contributed by atoms with Crippen molar-refractivity contribution >= 4 is 11.8 Å². The molecule has 0 bridgehead atoms. The van der Waals surface area contributed by atoms with Crippen molar-refractivity contribution in [2.75, 3.05) is 0 Å². The lowest BCUT2D eigenvalue weighted by Crippen LogP contribution is -2.45. The van der Waals surface area contributed by atoms with Gasteiger partial charge in [0.05, 0.1) is 5.41 Å². The van der Waals surface area contributed by atoms with Gasteiger partial charge >= 0.3 is 5.97 Å². The van der Waals surface area contributed by atoms with Crippen LogP contribution in [0.15, 0.2) is 0 Å². The van der Waals surface area contributed by atoms with E-state index in [4.69, 9.17) is 0 Å². The number of Topliss-reactive ketones (excluding diaryl/α,β-unsaturated/α-hetero) is 1. The molecule has 3 heteroatoms. The predicted molar refractivity (Wildman–Crippen MR) is 50.9 cm³/mol. The third-order valence-electron chi connectivity index (χ3n) is 3.92. The molecule has 14 heavy (non-hydrogen) atoms. The molecule has 1 N–H and O–H groups in total. The quantitative estimate of drug-likeness (QED) is 0.697. The molecule has 2 aliphatic carbocycles. The summed E-state index contributed by atoms with van der Waals surface area (Å²) in [5.41, 5.74) is -0.687. The van der Waals surface area contributed by atoms with Crippen molar-refractivity contribution < 1.29 is 14.7 Å². The second kappa shape index (κ2) is 3.37. The summed E-state index contributed by atoms with van der Waals surface area (Å²) >= 11 is 0. The molecule has 0 heterocycles. The lowest BCUT2D eigenvalue weighted by Gasteiger charge is -2.43. The number of carbonyl (C=O) groups is 2. The Kier molecular flexibility index (Phi) is 2.33. The molecule has 0 aromatic carbocycles. The topological polar surface area (TPSA) is 54.4 Å². The molecule has 0 spiro atoms. The molecule has 2 fully saturated rings. The van der Waals surface area contributed by atoms with Gasteiger partial charge in [-0.1, -0.05) is 12.8 Å². The lowest BCUT2D eigenvalue weighted by molar-refractivity contribution is -0.161. The summed E-state index contributed by atoms with van der Waals surface area (Å²) in [7, 11) is 0. The first-order chi connectivity index (χ1) is 6.65. The summed E-state index contributed by atoms with van der Waals surface area (Å²) in [6.07, 6.45) is 5.49. The Hall–Kier alpha value is -0.860. The van der Waals surface area contributed by atoms with Gasteiger partial charge in [0.1, 0.15) is 5.78 Å². The highest BCUT2D eigenvalue weighted by Gasteiger charge is 2.50. The van der Waals surface area contributed by atoms with E-state index in [1.807, 2.05) is 0 Å². The number of hydrogen-bond donors (Lipinski definition) is 1. The first-order valence-electron chi connectivity index (χ1n) is 5.40. The van der Waals surface area contributed by atoms with Gasteiger partial charge in [0.25, 0.3) is 0 Å². The van der Waals surface area contributed by atoms with Crippen molar-refractivity contribution in [1.82, 2.24) is 0 Å². The fraction of sp³-hybridized carbons (Fsp3) is 0.818. The highest BCUT2D eigenvalue weighted by atomic mass is 16.4. The number of ketones is 1. The molecule has 2 atom stereocenters. The first kappa shape index (κ1) is 9.69. The minimum atomic E-state index is -0.741. The molecule has 78 valence electrons. The van der Waals surface area contributed by atoms with Crippen LogP contribution in [-0.2, 0) is 9.59 Å². The summed E-state index contributed by atoms with van der Waals surface area (Å²) in [6, 6.07) is 0. The Bertz CT molecular complexity index is 272. The summed E-state index contributed by atoms with van der Waals surface area (Å²) in [4.78, 5) is 22.7. The molecule has 0 radical (unpaired) electrons. The number of carboxylic acid groups (broad SMARTS) is 1. The zero-order valence-electron chi connectivity index (χ0n) is 8.29. The average molecular weight is 196 g/mol. The zero-order chi connectivity index (χ0) is 10.2. The van der Waals surface area contributed by atoms with Gasteiger partial charge in [-0.25, -0.2) is 0 Å². The molecule has 2 aliphatic rings. The van der Waals surface area contributed by atoms with E-state index >= 15 is 0 Å². The summed E-state index contributed by atoms with van der Waals surface area (Å²) < 4.78 is 0. The third kappa shape index (κ3) is 1.35. The summed E-state index contributed by atoms with van der Waals surface area (Å²) in [5, 5.41) is 9.29. The molecule has 0 saturated heterocycles. The molecule has 0 amide bonds. The van der Waals surface area contributed by atoms with Gasteiger partial charge in [-0.2, -0.15) is 0 Å². The maximum absolute atomic E-state index is 11.4. The lowest BCUT2D eigenvalue weighted by atomic mass is 9.59. The number of aliphatic carboxylic acids is 1. The standard InChI is InChI=1S/C11H16O3/c12-9-5-4-8-3-1-2-6-11(8,7-9)10(13)14/h8H,1-7H2,(H,13,14). The Morgan fingerprint density at radius 2 is 2.14 bits per heavy atom. The summed E-state index contributed by atoms with van der Waals surface area (Å²) in [6.45, 7) is 0. The normalized spacial score (nSPS) is 37.7. The number of fused-ring (bicyclic) bond motifs is 1. The van der Waals surface area contributed by atoms with Crippen LogP contribution in [0.5, 0.6) is 0 Å². The van der Waals surface area contributed by atoms with Crippen LogP contribution in [0.1, 0.15) is 44.9 Å². The van der Waals surface area contributed by atoms with Crippen LogP contribution < -0.4 is 0 Å². The second-order valence-corrected chi connectivity index (χ2v) is 4.66. The largest absolute Gasteiger partial charge is 0.481 e. The van der Waals surface area contributed by atoms with Crippen molar-refractivity contribution in [3.63, 3.8) is 0 Å². The van der Waals surface area contributed by atoms with E-state index in [1.54, 1.807) is 0 Å². The zero-order valence-corrected chi connectivity index (χ0v) is 8.29. The molecular formula is C11H16O3. The minimum absolute atomic E-state index is 0.144. The van der Waals surface area contributed by atoms with E-state index in [1.165, 1.54) is 0 Å². The number of hydrogen-bond acceptors (Lipinski definition) is 2. The summed E-state index contributed by atoms with van der Waals surface area (Å²) in [5.74, 6) is -0.341. The molecular weight excluding hydrogens is 180 g/mol. The fourth-order valence-corrected chi connectivity index (χ4v) is 3.10. The molecule has 2 rings (SSSR count). The fourth-order valence-electron chi connectivity index (χ4n) is 3.10. The van der Waals surface area contributed by atoms with Gasteiger partial charge in [0, 0.05) is 12.8 Å². The van der Waals surface area contributed by atoms with Crippen molar-refractivity contribution in [3.05, 3.63) is 0 Å². The van der Waals surface area contributed by atoms with E-state index in [0.29, 0.717) is 12.8 Å². The molecule has 2 saturated carbocycles. The van der Waals surface area contributed by atoms with Crippen LogP contribution >= 0.6 is 0 Å². The Labute approximate surface area is 83.5 Å². The van der Waals surface area contributed by atoms with E-state index in [-0.39, 0.29) is 18.1 Å². The van der Waals surface area contributed by atoms with Crippen molar-refractivity contribution in [1.29, 1.82) is 0 Å². The van der Waals surface area contributed by atoms with Crippen LogP contribution in [0.4, 0.5) is 0 Å². The highest BCUT2D eigenvalue weighted by molar-refractivity contribution is 5.88. The van der Waals surface area contributed by atoms with Gasteiger partial charge in [0.2, 0.25) is 0 Å². The van der Waals surface area contributed by atoms with Crippen LogP contribution in [0.3, 0.4) is 0 Å². The molecule has 0 aromatic heterocycles. The van der Waals surface area contributed by atoms with E-state index in [0.717, 1.165) is 25.7 Å². The molecule has 0 aliphatic heterocycles. The van der Waals surface area contributed by atoms with Gasteiger partial charge in [0.15, 0.2) is 0 Å². The van der Waals surface area contributed by atoms with Gasteiger partial charge in [-0.15, -0.1) is 0 Å². The van der Waals surface area contributed by atoms with Crippen molar-refractivity contribution in [2.24, 2.45) is 11.3 Å². The van der Waals surface area contributed by atoms with Crippen molar-refractivity contribution in [2.45, 2.75) is 44.9 Å². The second-order valence-electron chi connectivity index (χ2n) is 4.66. The first-order valence-corrected chi connectivity index (χ1v) is 5.40. The number of rotatable bonds is 1. The van der Waals surface area contributed by atoms with Crippen LogP contribution in [0.25, 0.3) is 0 Å². The monoisotopic (exact) mass is 196 g/mol. The van der Waals surface area contributed by atoms with E-state index in [2.05, 4.69) is 0 Å². The Morgan fingerprint density at radius 3 is 2.86 bits per heavy atom. The maximum Gasteiger partial charge on any atom is 0.310 e. The van der Waals surface area contributed by atoms with Crippen LogP contribution in [-0.4, -0.2) is 16.9 Å².